The standard InChI is InChI=1S/C16H20S2Se/c1-15(2,3)11-7-9-13(17-11)14-10(19-9)8-12(18-14)16(4,5)6/h7-8H,1-6H3. The van der Waals surface area contributed by atoms with Gasteiger partial charge < -0.3 is 0 Å². The Kier molecular flexibility index (Phi) is 3.07. The number of fused-ring (bicyclic) bond motifs is 3. The Morgan fingerprint density at radius 2 is 1.11 bits per heavy atom. The Morgan fingerprint density at radius 3 is 1.42 bits per heavy atom. The average molecular weight is 355 g/mol. The first-order valence-corrected chi connectivity index (χ1v) is 9.98. The summed E-state index contributed by atoms with van der Waals surface area (Å²) in [4.78, 5) is 3.08. The third kappa shape index (κ3) is 2.35. The summed E-state index contributed by atoms with van der Waals surface area (Å²) in [7, 11) is 0. The van der Waals surface area contributed by atoms with E-state index in [1.54, 1.807) is 17.9 Å². The first kappa shape index (κ1) is 13.9. The van der Waals surface area contributed by atoms with Gasteiger partial charge in [0.1, 0.15) is 0 Å². The van der Waals surface area contributed by atoms with Gasteiger partial charge in [0.25, 0.3) is 0 Å². The summed E-state index contributed by atoms with van der Waals surface area (Å²) in [5, 5.41) is 0. The van der Waals surface area contributed by atoms with Crippen LogP contribution in [0, 0.1) is 0 Å². The molecule has 3 rings (SSSR count). The molecule has 3 aromatic rings. The number of thiophene rings is 2. The molecule has 0 atom stereocenters. The van der Waals surface area contributed by atoms with Crippen LogP contribution in [0.1, 0.15) is 51.3 Å². The van der Waals surface area contributed by atoms with Crippen LogP contribution in [0.2, 0.25) is 0 Å². The van der Waals surface area contributed by atoms with Crippen LogP contribution >= 0.6 is 22.7 Å². The van der Waals surface area contributed by atoms with Gasteiger partial charge in [0.15, 0.2) is 0 Å². The predicted octanol–water partition coefficient (Wildman–Crippen LogP) is 5.77. The van der Waals surface area contributed by atoms with Crippen LogP contribution in [0.5, 0.6) is 0 Å². The van der Waals surface area contributed by atoms with E-state index in [1.165, 1.54) is 9.75 Å². The SMILES string of the molecule is CC(C)(C)c1cc2[se]c3cc(C(C)(C)C)sc3c2s1. The van der Waals surface area contributed by atoms with Crippen LogP contribution in [0.4, 0.5) is 0 Å². The fourth-order valence-electron chi connectivity index (χ4n) is 2.07. The van der Waals surface area contributed by atoms with Crippen molar-refractivity contribution in [1.29, 1.82) is 0 Å². The molecule has 0 spiro atoms. The molecule has 0 N–H and O–H groups in total. The van der Waals surface area contributed by atoms with E-state index >= 15 is 0 Å². The molecule has 0 aromatic carbocycles. The second kappa shape index (κ2) is 4.21. The summed E-state index contributed by atoms with van der Waals surface area (Å²) in [6.07, 6.45) is 0. The first-order chi connectivity index (χ1) is 8.66. The van der Waals surface area contributed by atoms with Gasteiger partial charge in [-0.25, -0.2) is 0 Å². The fraction of sp³-hybridized carbons (Fsp3) is 0.500. The Labute approximate surface area is 129 Å². The molecule has 102 valence electrons. The summed E-state index contributed by atoms with van der Waals surface area (Å²) in [5.41, 5.74) is 0.574. The zero-order valence-electron chi connectivity index (χ0n) is 12.4. The van der Waals surface area contributed by atoms with Crippen LogP contribution in [-0.4, -0.2) is 14.5 Å². The van der Waals surface area contributed by atoms with Gasteiger partial charge in [-0.2, -0.15) is 0 Å². The molecule has 0 aliphatic heterocycles. The van der Waals surface area contributed by atoms with Crippen molar-refractivity contribution < 1.29 is 0 Å². The van der Waals surface area contributed by atoms with E-state index in [4.69, 9.17) is 0 Å². The molecule has 0 aliphatic carbocycles. The van der Waals surface area contributed by atoms with Crippen LogP contribution < -0.4 is 0 Å². The van der Waals surface area contributed by atoms with Crippen molar-refractivity contribution in [1.82, 2.24) is 0 Å². The van der Waals surface area contributed by atoms with Crippen molar-refractivity contribution in [3.8, 4) is 0 Å². The van der Waals surface area contributed by atoms with Crippen molar-refractivity contribution in [2.45, 2.75) is 52.4 Å². The molecule has 0 saturated heterocycles. The molecule has 0 nitrogen and oxygen atoms in total. The van der Waals surface area contributed by atoms with E-state index in [9.17, 15) is 0 Å². The van der Waals surface area contributed by atoms with Gasteiger partial charge in [0.2, 0.25) is 0 Å². The number of hydrogen-bond donors (Lipinski definition) is 0. The third-order valence-corrected chi connectivity index (χ3v) is 9.44. The molecule has 3 heteroatoms. The molecule has 0 amide bonds. The molecule has 3 aromatic heterocycles. The van der Waals surface area contributed by atoms with Gasteiger partial charge in [0.05, 0.1) is 0 Å². The summed E-state index contributed by atoms with van der Waals surface area (Å²) >= 11 is 4.58. The minimum absolute atomic E-state index is 0.287. The summed E-state index contributed by atoms with van der Waals surface area (Å²) in [6, 6.07) is 4.92. The summed E-state index contributed by atoms with van der Waals surface area (Å²) in [6.45, 7) is 13.9. The Hall–Kier alpha value is -0.0805. The predicted molar refractivity (Wildman–Crippen MR) is 91.5 cm³/mol. The Balaban J connectivity index is 2.22. The molecule has 0 bridgehead atoms. The van der Waals surface area contributed by atoms with Gasteiger partial charge in [-0.15, -0.1) is 0 Å². The first-order valence-electron chi connectivity index (χ1n) is 6.63. The summed E-state index contributed by atoms with van der Waals surface area (Å²) < 4.78 is 6.37. The molecule has 3 heterocycles. The quantitative estimate of drug-likeness (QED) is 0.449. The zero-order chi connectivity index (χ0) is 14.0. The molecule has 0 fully saturated rings. The van der Waals surface area contributed by atoms with Crippen molar-refractivity contribution in [3.63, 3.8) is 0 Å². The van der Waals surface area contributed by atoms with Crippen LogP contribution in [0.3, 0.4) is 0 Å². The van der Waals surface area contributed by atoms with E-state index in [2.05, 4.69) is 53.7 Å². The van der Waals surface area contributed by atoms with Gasteiger partial charge in [-0.05, 0) is 0 Å². The molecule has 19 heavy (non-hydrogen) atoms. The van der Waals surface area contributed by atoms with Gasteiger partial charge in [-0.1, -0.05) is 0 Å². The fourth-order valence-corrected chi connectivity index (χ4v) is 8.10. The van der Waals surface area contributed by atoms with Gasteiger partial charge >= 0.3 is 129 Å². The van der Waals surface area contributed by atoms with E-state index in [-0.39, 0.29) is 10.8 Å². The normalized spacial score (nSPS) is 13.8. The van der Waals surface area contributed by atoms with E-state index in [0.29, 0.717) is 14.5 Å². The molecule has 0 aliphatic rings. The topological polar surface area (TPSA) is 0 Å². The monoisotopic (exact) mass is 356 g/mol. The Bertz CT molecular complexity index is 678. The van der Waals surface area contributed by atoms with E-state index in [1.807, 2.05) is 22.7 Å². The second-order valence-corrected chi connectivity index (χ2v) is 11.6. The maximum absolute atomic E-state index is 2.46. The molecular formula is C16H20S2Se. The van der Waals surface area contributed by atoms with E-state index in [0.717, 1.165) is 0 Å². The van der Waals surface area contributed by atoms with Crippen LogP contribution in [0.25, 0.3) is 17.9 Å². The third-order valence-electron chi connectivity index (χ3n) is 3.30. The number of hydrogen-bond acceptors (Lipinski definition) is 2. The van der Waals surface area contributed by atoms with Crippen LogP contribution in [0.15, 0.2) is 12.1 Å². The zero-order valence-corrected chi connectivity index (χ0v) is 15.7. The van der Waals surface area contributed by atoms with Crippen molar-refractivity contribution >= 4 is 55.1 Å². The molecule has 0 radical (unpaired) electrons. The molecule has 0 unspecified atom stereocenters. The minimum atomic E-state index is 0.287. The molecular weight excluding hydrogens is 335 g/mol. The second-order valence-electron chi connectivity index (χ2n) is 7.21. The maximum atomic E-state index is 2.46. The van der Waals surface area contributed by atoms with Gasteiger partial charge in [-0.3, -0.25) is 0 Å². The molecule has 0 saturated carbocycles. The van der Waals surface area contributed by atoms with Crippen molar-refractivity contribution in [3.05, 3.63) is 21.9 Å². The Morgan fingerprint density at radius 1 is 0.737 bits per heavy atom. The number of rotatable bonds is 0. The van der Waals surface area contributed by atoms with Crippen molar-refractivity contribution in [2.75, 3.05) is 0 Å². The van der Waals surface area contributed by atoms with E-state index < -0.39 is 0 Å². The van der Waals surface area contributed by atoms with Gasteiger partial charge in [0, 0.05) is 0 Å². The van der Waals surface area contributed by atoms with Crippen molar-refractivity contribution in [2.24, 2.45) is 0 Å². The van der Waals surface area contributed by atoms with Crippen LogP contribution in [-0.2, 0) is 10.8 Å². The summed E-state index contributed by atoms with van der Waals surface area (Å²) in [5.74, 6) is 0. The average Bonchev–Trinajstić information content (AvgIpc) is 2.81.